The molecule has 0 aliphatic carbocycles. The molecule has 0 aliphatic rings. The van der Waals surface area contributed by atoms with Crippen molar-refractivity contribution in [3.8, 4) is 0 Å². The number of carbonyl (C=O) groups excluding carboxylic acids is 1. The first-order chi connectivity index (χ1) is 8.78. The van der Waals surface area contributed by atoms with Gasteiger partial charge in [0.1, 0.15) is 0 Å². The summed E-state index contributed by atoms with van der Waals surface area (Å²) in [6.07, 6.45) is 0.452. The highest BCUT2D eigenvalue weighted by molar-refractivity contribution is 7.99. The van der Waals surface area contributed by atoms with Gasteiger partial charge in [-0.15, -0.1) is 11.8 Å². The summed E-state index contributed by atoms with van der Waals surface area (Å²) in [5.41, 5.74) is 4.70. The van der Waals surface area contributed by atoms with Gasteiger partial charge in [-0.3, -0.25) is 9.63 Å². The molecule has 0 saturated carbocycles. The van der Waals surface area contributed by atoms with E-state index in [0.29, 0.717) is 6.42 Å². The van der Waals surface area contributed by atoms with E-state index in [1.807, 2.05) is 20.8 Å². The maximum Gasteiger partial charge on any atom is 0.244 e. The SMILES string of the molecule is Cc1ccc(SCCC(=O)NOC(C)(C)C)cc1C. The van der Waals surface area contributed by atoms with Gasteiger partial charge in [0.05, 0.1) is 5.60 Å². The van der Waals surface area contributed by atoms with E-state index in [-0.39, 0.29) is 11.5 Å². The van der Waals surface area contributed by atoms with Gasteiger partial charge in [-0.2, -0.15) is 0 Å². The Kier molecular flexibility index (Phi) is 5.88. The second kappa shape index (κ2) is 6.96. The largest absolute Gasteiger partial charge is 0.273 e. The fraction of sp³-hybridized carbons (Fsp3) is 0.533. The van der Waals surface area contributed by atoms with Crippen molar-refractivity contribution in [2.75, 3.05) is 5.75 Å². The maximum atomic E-state index is 11.6. The van der Waals surface area contributed by atoms with Crippen molar-refractivity contribution in [2.45, 2.75) is 51.5 Å². The molecule has 0 spiro atoms. The predicted octanol–water partition coefficient (Wildman–Crippen LogP) is 3.63. The molecule has 19 heavy (non-hydrogen) atoms. The Hall–Kier alpha value is -1.00. The normalized spacial score (nSPS) is 11.4. The third kappa shape index (κ3) is 6.64. The Morgan fingerprint density at radius 3 is 2.53 bits per heavy atom. The Morgan fingerprint density at radius 2 is 1.95 bits per heavy atom. The quantitative estimate of drug-likeness (QED) is 0.661. The van der Waals surface area contributed by atoms with E-state index in [0.717, 1.165) is 5.75 Å². The lowest BCUT2D eigenvalue weighted by Crippen LogP contribution is -2.33. The van der Waals surface area contributed by atoms with E-state index in [4.69, 9.17) is 4.84 Å². The fourth-order valence-electron chi connectivity index (χ4n) is 1.33. The monoisotopic (exact) mass is 281 g/mol. The van der Waals surface area contributed by atoms with E-state index < -0.39 is 0 Å². The number of rotatable bonds is 5. The number of thioether (sulfide) groups is 1. The topological polar surface area (TPSA) is 38.3 Å². The maximum absolute atomic E-state index is 11.6. The second-order valence-electron chi connectivity index (χ2n) is 5.58. The lowest BCUT2D eigenvalue weighted by molar-refractivity contribution is -0.145. The number of benzene rings is 1. The molecule has 1 aromatic rings. The molecule has 106 valence electrons. The first-order valence-corrected chi connectivity index (χ1v) is 7.43. The zero-order valence-electron chi connectivity index (χ0n) is 12.4. The van der Waals surface area contributed by atoms with Crippen LogP contribution in [0.25, 0.3) is 0 Å². The van der Waals surface area contributed by atoms with Crippen LogP contribution in [0.3, 0.4) is 0 Å². The zero-order chi connectivity index (χ0) is 14.5. The van der Waals surface area contributed by atoms with Crippen LogP contribution in [-0.2, 0) is 9.63 Å². The molecule has 0 unspecified atom stereocenters. The zero-order valence-corrected chi connectivity index (χ0v) is 13.2. The van der Waals surface area contributed by atoms with Crippen LogP contribution in [0.2, 0.25) is 0 Å². The van der Waals surface area contributed by atoms with Crippen LogP contribution in [0.4, 0.5) is 0 Å². The minimum Gasteiger partial charge on any atom is -0.273 e. The number of hydrogen-bond acceptors (Lipinski definition) is 3. The van der Waals surface area contributed by atoms with Gasteiger partial charge in [-0.25, -0.2) is 5.48 Å². The van der Waals surface area contributed by atoms with Crippen molar-refractivity contribution < 1.29 is 9.63 Å². The van der Waals surface area contributed by atoms with Crippen molar-refractivity contribution in [1.82, 2.24) is 5.48 Å². The fourth-order valence-corrected chi connectivity index (χ4v) is 2.27. The number of hydrogen-bond donors (Lipinski definition) is 1. The van der Waals surface area contributed by atoms with Gasteiger partial charge in [-0.05, 0) is 57.9 Å². The number of carbonyl (C=O) groups is 1. The van der Waals surface area contributed by atoms with E-state index in [1.165, 1.54) is 16.0 Å². The Bertz CT molecular complexity index is 438. The highest BCUT2D eigenvalue weighted by Crippen LogP contribution is 2.21. The minimum absolute atomic E-state index is 0.0775. The molecular weight excluding hydrogens is 258 g/mol. The van der Waals surface area contributed by atoms with Gasteiger partial charge in [-0.1, -0.05) is 6.07 Å². The van der Waals surface area contributed by atoms with Crippen LogP contribution < -0.4 is 5.48 Å². The third-order valence-corrected chi connectivity index (χ3v) is 3.54. The molecule has 0 aliphatic heterocycles. The van der Waals surface area contributed by atoms with Crippen molar-refractivity contribution in [3.63, 3.8) is 0 Å². The predicted molar refractivity (Wildman–Crippen MR) is 80.2 cm³/mol. The Balaban J connectivity index is 2.30. The van der Waals surface area contributed by atoms with Crippen molar-refractivity contribution in [3.05, 3.63) is 29.3 Å². The molecule has 3 nitrogen and oxygen atoms in total. The molecule has 4 heteroatoms. The number of aryl methyl sites for hydroxylation is 2. The molecule has 0 aromatic heterocycles. The Labute approximate surface area is 120 Å². The van der Waals surface area contributed by atoms with Gasteiger partial charge in [0.15, 0.2) is 0 Å². The van der Waals surface area contributed by atoms with Crippen molar-refractivity contribution >= 4 is 17.7 Å². The van der Waals surface area contributed by atoms with Crippen LogP contribution in [0, 0.1) is 13.8 Å². The van der Waals surface area contributed by atoms with Gasteiger partial charge in [0.25, 0.3) is 0 Å². The third-order valence-electron chi connectivity index (χ3n) is 2.55. The lowest BCUT2D eigenvalue weighted by atomic mass is 10.1. The average Bonchev–Trinajstić information content (AvgIpc) is 2.30. The van der Waals surface area contributed by atoms with Crippen LogP contribution in [0.15, 0.2) is 23.1 Å². The molecular formula is C15H23NO2S. The van der Waals surface area contributed by atoms with Gasteiger partial charge >= 0.3 is 0 Å². The molecule has 0 saturated heterocycles. The molecule has 1 N–H and O–H groups in total. The number of nitrogens with one attached hydrogen (secondary N) is 1. The molecule has 0 heterocycles. The molecule has 0 bridgehead atoms. The molecule has 1 amide bonds. The molecule has 1 aromatic carbocycles. The first-order valence-electron chi connectivity index (χ1n) is 6.45. The minimum atomic E-state index is -0.350. The lowest BCUT2D eigenvalue weighted by Gasteiger charge is -2.18. The van der Waals surface area contributed by atoms with E-state index in [9.17, 15) is 4.79 Å². The van der Waals surface area contributed by atoms with Crippen molar-refractivity contribution in [1.29, 1.82) is 0 Å². The Morgan fingerprint density at radius 1 is 1.26 bits per heavy atom. The van der Waals surface area contributed by atoms with Gasteiger partial charge in [0.2, 0.25) is 5.91 Å². The number of amides is 1. The molecule has 1 rings (SSSR count). The molecule has 0 atom stereocenters. The van der Waals surface area contributed by atoms with Crippen LogP contribution in [0.1, 0.15) is 38.3 Å². The summed E-state index contributed by atoms with van der Waals surface area (Å²) in [5, 5.41) is 0. The summed E-state index contributed by atoms with van der Waals surface area (Å²) < 4.78 is 0. The van der Waals surface area contributed by atoms with Crippen LogP contribution >= 0.6 is 11.8 Å². The van der Waals surface area contributed by atoms with Gasteiger partial charge < -0.3 is 0 Å². The van der Waals surface area contributed by atoms with Crippen molar-refractivity contribution in [2.24, 2.45) is 0 Å². The summed E-state index contributed by atoms with van der Waals surface area (Å²) in [4.78, 5) is 18.0. The number of hydroxylamine groups is 1. The highest BCUT2D eigenvalue weighted by Gasteiger charge is 2.12. The second-order valence-corrected chi connectivity index (χ2v) is 6.75. The van der Waals surface area contributed by atoms with E-state index in [2.05, 4.69) is 37.5 Å². The smallest absolute Gasteiger partial charge is 0.244 e. The van der Waals surface area contributed by atoms with Crippen LogP contribution in [-0.4, -0.2) is 17.3 Å². The molecule has 0 radical (unpaired) electrons. The first kappa shape index (κ1) is 16.1. The van der Waals surface area contributed by atoms with Gasteiger partial charge in [0, 0.05) is 17.1 Å². The highest BCUT2D eigenvalue weighted by atomic mass is 32.2. The summed E-state index contributed by atoms with van der Waals surface area (Å²) in [7, 11) is 0. The summed E-state index contributed by atoms with van der Waals surface area (Å²) in [5.74, 6) is 0.674. The summed E-state index contributed by atoms with van der Waals surface area (Å²) in [6.45, 7) is 9.90. The summed E-state index contributed by atoms with van der Waals surface area (Å²) in [6, 6.07) is 6.36. The van der Waals surface area contributed by atoms with E-state index >= 15 is 0 Å². The van der Waals surface area contributed by atoms with E-state index in [1.54, 1.807) is 11.8 Å². The molecule has 0 fully saturated rings. The van der Waals surface area contributed by atoms with Crippen LogP contribution in [0.5, 0.6) is 0 Å². The standard InChI is InChI=1S/C15H23NO2S/c1-11-6-7-13(10-12(11)2)19-9-8-14(17)16-18-15(3,4)5/h6-7,10H,8-9H2,1-5H3,(H,16,17). The average molecular weight is 281 g/mol. The summed E-state index contributed by atoms with van der Waals surface area (Å²) >= 11 is 1.69.